The van der Waals surface area contributed by atoms with Gasteiger partial charge >= 0.3 is 0 Å². The quantitative estimate of drug-likeness (QED) is 0.370. The standard InChI is InChI=1S/C21H40O2/c1-6-7-8-9-10-11-12-13-14-15-20(4,22)16-17-21(5,23)18-19(2)3/h19,22-23H,6-15,18H2,1-5H3. The molecule has 0 aliphatic rings. The summed E-state index contributed by atoms with van der Waals surface area (Å²) in [5.74, 6) is 6.14. The van der Waals surface area contributed by atoms with Crippen LogP contribution >= 0.6 is 0 Å². The monoisotopic (exact) mass is 324 g/mol. The third-order valence-corrected chi connectivity index (χ3v) is 4.17. The summed E-state index contributed by atoms with van der Waals surface area (Å²) in [5, 5.41) is 20.5. The molecule has 136 valence electrons. The Morgan fingerprint density at radius 3 is 1.65 bits per heavy atom. The number of rotatable bonds is 12. The van der Waals surface area contributed by atoms with Gasteiger partial charge in [0.25, 0.3) is 0 Å². The summed E-state index contributed by atoms with van der Waals surface area (Å²) >= 11 is 0. The number of aliphatic hydroxyl groups is 2. The Morgan fingerprint density at radius 2 is 1.17 bits per heavy atom. The topological polar surface area (TPSA) is 40.5 Å². The van der Waals surface area contributed by atoms with Crippen molar-refractivity contribution in [2.45, 2.75) is 116 Å². The van der Waals surface area contributed by atoms with E-state index in [0.29, 0.717) is 18.8 Å². The van der Waals surface area contributed by atoms with Gasteiger partial charge in [-0.15, -0.1) is 0 Å². The minimum absolute atomic E-state index is 0.390. The van der Waals surface area contributed by atoms with Gasteiger partial charge in [-0.05, 0) is 39.0 Å². The second-order valence-electron chi connectivity index (χ2n) is 7.97. The molecule has 0 spiro atoms. The number of hydrogen-bond donors (Lipinski definition) is 2. The second kappa shape index (κ2) is 11.9. The molecule has 2 heteroatoms. The van der Waals surface area contributed by atoms with Gasteiger partial charge in [0.05, 0.1) is 0 Å². The molecule has 0 rings (SSSR count). The van der Waals surface area contributed by atoms with Crippen LogP contribution in [0, 0.1) is 17.8 Å². The van der Waals surface area contributed by atoms with Crippen molar-refractivity contribution in [3.8, 4) is 11.8 Å². The van der Waals surface area contributed by atoms with Crippen LogP contribution in [-0.4, -0.2) is 21.4 Å². The van der Waals surface area contributed by atoms with Crippen molar-refractivity contribution < 1.29 is 10.2 Å². The lowest BCUT2D eigenvalue weighted by Crippen LogP contribution is -2.27. The van der Waals surface area contributed by atoms with Gasteiger partial charge in [-0.3, -0.25) is 0 Å². The van der Waals surface area contributed by atoms with Crippen molar-refractivity contribution in [1.29, 1.82) is 0 Å². The highest BCUT2D eigenvalue weighted by atomic mass is 16.3. The molecule has 0 aliphatic heterocycles. The molecule has 0 aromatic heterocycles. The lowest BCUT2D eigenvalue weighted by atomic mass is 9.92. The van der Waals surface area contributed by atoms with E-state index in [-0.39, 0.29) is 0 Å². The van der Waals surface area contributed by atoms with Crippen LogP contribution in [0.15, 0.2) is 0 Å². The normalized spacial score (nSPS) is 16.5. The maximum absolute atomic E-state index is 10.3. The van der Waals surface area contributed by atoms with Gasteiger partial charge in [-0.1, -0.05) is 84.0 Å². The maximum atomic E-state index is 10.3. The fraction of sp³-hybridized carbons (Fsp3) is 0.905. The van der Waals surface area contributed by atoms with E-state index < -0.39 is 11.2 Å². The van der Waals surface area contributed by atoms with E-state index in [9.17, 15) is 10.2 Å². The summed E-state index contributed by atoms with van der Waals surface area (Å²) in [6.07, 6.45) is 12.8. The van der Waals surface area contributed by atoms with E-state index in [1.54, 1.807) is 13.8 Å². The van der Waals surface area contributed by atoms with E-state index in [1.807, 2.05) is 0 Å². The summed E-state index contributed by atoms with van der Waals surface area (Å²) < 4.78 is 0. The number of hydrogen-bond acceptors (Lipinski definition) is 2. The zero-order valence-corrected chi connectivity index (χ0v) is 16.2. The van der Waals surface area contributed by atoms with Crippen LogP contribution in [-0.2, 0) is 0 Å². The molecule has 0 saturated heterocycles. The molecule has 0 heterocycles. The Kier molecular flexibility index (Phi) is 11.7. The van der Waals surface area contributed by atoms with Crippen LogP contribution in [0.4, 0.5) is 0 Å². The SMILES string of the molecule is CCCCCCCCCCCC(C)(O)C#CC(C)(O)CC(C)C. The molecule has 0 aromatic rings. The van der Waals surface area contributed by atoms with Gasteiger partial charge in [0, 0.05) is 0 Å². The molecule has 23 heavy (non-hydrogen) atoms. The molecule has 2 atom stereocenters. The summed E-state index contributed by atoms with van der Waals surface area (Å²) in [7, 11) is 0. The molecule has 0 saturated carbocycles. The zero-order chi connectivity index (χ0) is 17.8. The highest BCUT2D eigenvalue weighted by molar-refractivity contribution is 5.19. The Morgan fingerprint density at radius 1 is 0.739 bits per heavy atom. The summed E-state index contributed by atoms with van der Waals surface area (Å²) in [6, 6.07) is 0. The first-order chi connectivity index (χ1) is 10.7. The molecule has 0 aliphatic carbocycles. The Hall–Kier alpha value is -0.520. The van der Waals surface area contributed by atoms with Crippen molar-refractivity contribution >= 4 is 0 Å². The fourth-order valence-electron chi connectivity index (χ4n) is 2.96. The molecule has 0 bridgehead atoms. The largest absolute Gasteiger partial charge is 0.378 e. The number of unbranched alkanes of at least 4 members (excludes halogenated alkanes) is 8. The van der Waals surface area contributed by atoms with Crippen molar-refractivity contribution in [3.05, 3.63) is 0 Å². The van der Waals surface area contributed by atoms with Gasteiger partial charge in [0.15, 0.2) is 0 Å². The molecule has 0 aromatic carbocycles. The van der Waals surface area contributed by atoms with Gasteiger partial charge in [0.2, 0.25) is 0 Å². The van der Waals surface area contributed by atoms with Crippen molar-refractivity contribution in [1.82, 2.24) is 0 Å². The van der Waals surface area contributed by atoms with Crippen LogP contribution in [0.3, 0.4) is 0 Å². The van der Waals surface area contributed by atoms with Crippen LogP contribution in [0.25, 0.3) is 0 Å². The Labute approximate surface area is 145 Å². The van der Waals surface area contributed by atoms with Crippen LogP contribution < -0.4 is 0 Å². The minimum Gasteiger partial charge on any atom is -0.378 e. The van der Waals surface area contributed by atoms with Gasteiger partial charge in [0.1, 0.15) is 11.2 Å². The second-order valence-corrected chi connectivity index (χ2v) is 7.97. The maximum Gasteiger partial charge on any atom is 0.123 e. The smallest absolute Gasteiger partial charge is 0.123 e. The average molecular weight is 325 g/mol. The van der Waals surface area contributed by atoms with Crippen molar-refractivity contribution in [2.75, 3.05) is 0 Å². The van der Waals surface area contributed by atoms with E-state index >= 15 is 0 Å². The lowest BCUT2D eigenvalue weighted by molar-refractivity contribution is 0.0901. The molecule has 0 radical (unpaired) electrons. The fourth-order valence-corrected chi connectivity index (χ4v) is 2.96. The summed E-state index contributed by atoms with van der Waals surface area (Å²) in [4.78, 5) is 0. The lowest BCUT2D eigenvalue weighted by Gasteiger charge is -2.21. The van der Waals surface area contributed by atoms with Crippen LogP contribution in [0.5, 0.6) is 0 Å². The third-order valence-electron chi connectivity index (χ3n) is 4.17. The van der Waals surface area contributed by atoms with E-state index in [2.05, 4.69) is 32.6 Å². The first-order valence-corrected chi connectivity index (χ1v) is 9.67. The van der Waals surface area contributed by atoms with Gasteiger partial charge < -0.3 is 10.2 Å². The van der Waals surface area contributed by atoms with E-state index in [4.69, 9.17) is 0 Å². The zero-order valence-electron chi connectivity index (χ0n) is 16.2. The highest BCUT2D eigenvalue weighted by Crippen LogP contribution is 2.19. The minimum atomic E-state index is -1.00. The predicted octanol–water partition coefficient (Wildman–Crippen LogP) is 5.46. The van der Waals surface area contributed by atoms with E-state index in [1.165, 1.54) is 44.9 Å². The third kappa shape index (κ3) is 14.8. The molecule has 2 N–H and O–H groups in total. The molecular formula is C21H40O2. The molecule has 0 amide bonds. The van der Waals surface area contributed by atoms with Crippen molar-refractivity contribution in [2.24, 2.45) is 5.92 Å². The summed E-state index contributed by atoms with van der Waals surface area (Å²) in [5.41, 5.74) is -1.99. The van der Waals surface area contributed by atoms with Crippen LogP contribution in [0.2, 0.25) is 0 Å². The van der Waals surface area contributed by atoms with Gasteiger partial charge in [-0.25, -0.2) is 0 Å². The molecule has 0 fully saturated rings. The average Bonchev–Trinajstić information content (AvgIpc) is 2.42. The van der Waals surface area contributed by atoms with Crippen molar-refractivity contribution in [3.63, 3.8) is 0 Å². The Bertz CT molecular complexity index is 345. The molecular weight excluding hydrogens is 284 g/mol. The Balaban J connectivity index is 3.88. The first kappa shape index (κ1) is 22.5. The van der Waals surface area contributed by atoms with Gasteiger partial charge in [-0.2, -0.15) is 0 Å². The highest BCUT2D eigenvalue weighted by Gasteiger charge is 2.21. The summed E-state index contributed by atoms with van der Waals surface area (Å²) in [6.45, 7) is 9.87. The molecule has 2 nitrogen and oxygen atoms in total. The molecule has 2 unspecified atom stereocenters. The predicted molar refractivity (Wildman–Crippen MR) is 100 cm³/mol. The van der Waals surface area contributed by atoms with Crippen LogP contribution in [0.1, 0.15) is 105 Å². The first-order valence-electron chi connectivity index (χ1n) is 9.67. The van der Waals surface area contributed by atoms with E-state index in [0.717, 1.165) is 12.8 Å².